The summed E-state index contributed by atoms with van der Waals surface area (Å²) < 4.78 is 62.9. The fourth-order valence-corrected chi connectivity index (χ4v) is 10.5. The number of thiazole rings is 1. The topological polar surface area (TPSA) is 198 Å². The third-order valence-corrected chi connectivity index (χ3v) is 14.4. The number of hydrogen-bond donors (Lipinski definition) is 2. The second-order valence-corrected chi connectivity index (χ2v) is 18.7. The number of ether oxygens (including phenoxy) is 1. The molecule has 19 heteroatoms. The van der Waals surface area contributed by atoms with Gasteiger partial charge in [-0.15, -0.1) is 22.7 Å². The SMILES string of the molecule is COC(=O)N(Cc1ccc(C(CO)N(Cc2cnn(S(=O)(=O)N(C)C)c2)S(=O)(=O)c2ccc3ncsc3c2)s1)C(=O)[C@@H](N)C(c1ccccc1)c1ccccc1. The molecule has 56 heavy (non-hydrogen) atoms. The number of aromatic nitrogens is 3. The number of carbonyl (C=O) groups is 2. The Kier molecular flexibility index (Phi) is 12.5. The second-order valence-electron chi connectivity index (χ2n) is 12.8. The van der Waals surface area contributed by atoms with Crippen molar-refractivity contribution in [2.24, 2.45) is 5.73 Å². The molecule has 0 aliphatic heterocycles. The van der Waals surface area contributed by atoms with Gasteiger partial charge < -0.3 is 15.6 Å². The minimum Gasteiger partial charge on any atom is -0.452 e. The van der Waals surface area contributed by atoms with Gasteiger partial charge >= 0.3 is 16.3 Å². The number of hydrogen-bond acceptors (Lipinski definition) is 13. The third kappa shape index (κ3) is 8.44. The van der Waals surface area contributed by atoms with Crippen LogP contribution in [0.2, 0.25) is 0 Å². The molecule has 0 saturated heterocycles. The molecule has 3 heterocycles. The van der Waals surface area contributed by atoms with Crippen molar-refractivity contribution in [3.05, 3.63) is 135 Å². The summed E-state index contributed by atoms with van der Waals surface area (Å²) in [5, 5.41) is 14.8. The van der Waals surface area contributed by atoms with Crippen LogP contribution in [0.3, 0.4) is 0 Å². The first-order chi connectivity index (χ1) is 26.8. The van der Waals surface area contributed by atoms with Crippen LogP contribution in [0.4, 0.5) is 4.79 Å². The lowest BCUT2D eigenvalue weighted by atomic mass is 9.85. The van der Waals surface area contributed by atoms with Crippen LogP contribution < -0.4 is 5.73 Å². The molecule has 0 bridgehead atoms. The van der Waals surface area contributed by atoms with Crippen molar-refractivity contribution in [2.75, 3.05) is 27.8 Å². The maximum atomic E-state index is 14.5. The van der Waals surface area contributed by atoms with Gasteiger partial charge in [-0.2, -0.15) is 26.2 Å². The van der Waals surface area contributed by atoms with Crippen molar-refractivity contribution >= 4 is 65.1 Å². The molecular formula is C37H39N7O8S4. The minimum absolute atomic E-state index is 0.0689. The van der Waals surface area contributed by atoms with E-state index in [-0.39, 0.29) is 23.5 Å². The first-order valence-electron chi connectivity index (χ1n) is 17.0. The summed E-state index contributed by atoms with van der Waals surface area (Å²) in [5.74, 6) is -1.30. The average molecular weight is 838 g/mol. The Labute approximate surface area is 332 Å². The Balaban J connectivity index is 1.34. The summed E-state index contributed by atoms with van der Waals surface area (Å²) in [6, 6.07) is 23.8. The molecule has 6 rings (SSSR count). The predicted octanol–water partition coefficient (Wildman–Crippen LogP) is 4.39. The molecule has 2 atom stereocenters. The van der Waals surface area contributed by atoms with E-state index >= 15 is 0 Å². The van der Waals surface area contributed by atoms with E-state index in [1.807, 2.05) is 60.7 Å². The number of nitrogens with zero attached hydrogens (tertiary/aromatic N) is 6. The molecule has 294 valence electrons. The van der Waals surface area contributed by atoms with Crippen molar-refractivity contribution in [2.45, 2.75) is 36.0 Å². The van der Waals surface area contributed by atoms with Gasteiger partial charge in [-0.3, -0.25) is 4.79 Å². The summed E-state index contributed by atoms with van der Waals surface area (Å²) in [6.07, 6.45) is 1.51. The quantitative estimate of drug-likeness (QED) is 0.149. The van der Waals surface area contributed by atoms with Gasteiger partial charge in [0.25, 0.3) is 0 Å². The molecule has 15 nitrogen and oxygen atoms in total. The summed E-state index contributed by atoms with van der Waals surface area (Å²) in [4.78, 5) is 33.2. The van der Waals surface area contributed by atoms with Gasteiger partial charge in [-0.25, -0.2) is 23.1 Å². The number of imide groups is 1. The molecule has 3 aromatic carbocycles. The largest absolute Gasteiger partial charge is 0.452 e. The molecule has 3 aromatic heterocycles. The highest BCUT2D eigenvalue weighted by atomic mass is 32.2. The standard InChI is InChI=1S/C37H39N7O8S4/c1-41(2)56(50,51)44-21-25(19-40-44)20-43(55(48,49)29-15-16-30-33(18-29)53-24-39-30)31(23-45)32-17-14-28(54-32)22-42(37(47)52-3)36(46)35(38)34(26-10-6-4-7-11-26)27-12-8-5-9-13-27/h4-19,21,24,31,34-35,45H,20,22-23,38H2,1-3H3/t31?,35-/m0/s1. The highest BCUT2D eigenvalue weighted by Crippen LogP contribution is 2.36. The summed E-state index contributed by atoms with van der Waals surface area (Å²) >= 11 is 2.34. The maximum absolute atomic E-state index is 14.5. The molecule has 3 N–H and O–H groups in total. The van der Waals surface area contributed by atoms with E-state index in [0.717, 1.165) is 47.2 Å². The lowest BCUT2D eigenvalue weighted by Crippen LogP contribution is -2.49. The minimum atomic E-state index is -4.38. The first-order valence-corrected chi connectivity index (χ1v) is 21.6. The van der Waals surface area contributed by atoms with Crippen molar-refractivity contribution in [3.63, 3.8) is 0 Å². The van der Waals surface area contributed by atoms with Gasteiger partial charge in [-0.05, 0) is 41.5 Å². The zero-order chi connectivity index (χ0) is 40.2. The Morgan fingerprint density at radius 1 is 0.929 bits per heavy atom. The van der Waals surface area contributed by atoms with E-state index in [9.17, 15) is 31.5 Å². The van der Waals surface area contributed by atoms with Crippen molar-refractivity contribution < 1.29 is 36.3 Å². The molecular weight excluding hydrogens is 799 g/mol. The van der Waals surface area contributed by atoms with E-state index in [4.69, 9.17) is 10.5 Å². The van der Waals surface area contributed by atoms with Crippen LogP contribution in [0.25, 0.3) is 10.2 Å². The highest BCUT2D eigenvalue weighted by molar-refractivity contribution is 7.89. The van der Waals surface area contributed by atoms with E-state index in [1.165, 1.54) is 50.0 Å². The molecule has 0 fully saturated rings. The van der Waals surface area contributed by atoms with E-state index in [0.29, 0.717) is 20.0 Å². The molecule has 1 unspecified atom stereocenters. The number of benzene rings is 3. The number of fused-ring (bicyclic) bond motifs is 1. The fourth-order valence-electron chi connectivity index (χ4n) is 6.12. The monoisotopic (exact) mass is 837 g/mol. The summed E-state index contributed by atoms with van der Waals surface area (Å²) in [5.41, 5.74) is 10.7. The Hall–Kier alpha value is -4.86. The smallest absolute Gasteiger partial charge is 0.416 e. The van der Waals surface area contributed by atoms with E-state index in [2.05, 4.69) is 10.1 Å². The average Bonchev–Trinajstić information content (AvgIpc) is 3.99. The predicted molar refractivity (Wildman–Crippen MR) is 212 cm³/mol. The lowest BCUT2D eigenvalue weighted by Gasteiger charge is -2.29. The molecule has 0 saturated carbocycles. The molecule has 0 radical (unpaired) electrons. The van der Waals surface area contributed by atoms with Crippen molar-refractivity contribution in [1.29, 1.82) is 0 Å². The zero-order valence-corrected chi connectivity index (χ0v) is 33.7. The number of rotatable bonds is 15. The number of aliphatic hydroxyl groups excluding tert-OH is 1. The second kappa shape index (κ2) is 17.1. The summed E-state index contributed by atoms with van der Waals surface area (Å²) in [6.45, 7) is -1.30. The third-order valence-electron chi connectivity index (χ3n) is 9.03. The number of methoxy groups -OCH3 is 1. The van der Waals surface area contributed by atoms with Gasteiger partial charge in [-0.1, -0.05) is 60.7 Å². The van der Waals surface area contributed by atoms with Gasteiger partial charge in [0.1, 0.15) is 0 Å². The Morgan fingerprint density at radius 3 is 2.20 bits per heavy atom. The number of carbonyl (C=O) groups excluding carboxylic acids is 2. The number of nitrogens with two attached hydrogens (primary N) is 1. The number of sulfonamides is 1. The molecule has 0 aliphatic rings. The highest BCUT2D eigenvalue weighted by Gasteiger charge is 2.37. The molecule has 0 spiro atoms. The van der Waals surface area contributed by atoms with Crippen LogP contribution in [0.5, 0.6) is 0 Å². The van der Waals surface area contributed by atoms with Crippen LogP contribution in [-0.4, -0.2) is 95.5 Å². The summed E-state index contributed by atoms with van der Waals surface area (Å²) in [7, 11) is -4.55. The molecule has 0 aliphatic carbocycles. The van der Waals surface area contributed by atoms with Crippen LogP contribution in [0.15, 0.2) is 114 Å². The van der Waals surface area contributed by atoms with Crippen molar-refractivity contribution in [1.82, 2.24) is 27.7 Å². The van der Waals surface area contributed by atoms with Gasteiger partial charge in [0.2, 0.25) is 15.9 Å². The first kappa shape index (κ1) is 40.8. The van der Waals surface area contributed by atoms with E-state index in [1.54, 1.807) is 23.7 Å². The van der Waals surface area contributed by atoms with Crippen LogP contribution in [0.1, 0.15) is 38.4 Å². The maximum Gasteiger partial charge on any atom is 0.416 e. The van der Waals surface area contributed by atoms with Gasteiger partial charge in [0.05, 0.1) is 59.2 Å². The normalized spacial score (nSPS) is 13.4. The van der Waals surface area contributed by atoms with E-state index < -0.39 is 56.8 Å². The Morgan fingerprint density at radius 2 is 1.59 bits per heavy atom. The van der Waals surface area contributed by atoms with Crippen LogP contribution >= 0.6 is 22.7 Å². The van der Waals surface area contributed by atoms with Crippen LogP contribution in [-0.2, 0) is 42.9 Å². The fraction of sp³-hybridized carbons (Fsp3) is 0.243. The van der Waals surface area contributed by atoms with Crippen LogP contribution in [0, 0.1) is 0 Å². The number of amides is 2. The van der Waals surface area contributed by atoms with Crippen molar-refractivity contribution in [3.8, 4) is 0 Å². The van der Waals surface area contributed by atoms with Gasteiger partial charge in [0.15, 0.2) is 0 Å². The molecule has 2 amide bonds. The number of aliphatic hydroxyl groups is 1. The lowest BCUT2D eigenvalue weighted by molar-refractivity contribution is -0.131. The molecule has 6 aromatic rings. The zero-order valence-electron chi connectivity index (χ0n) is 30.4. The van der Waals surface area contributed by atoms with Gasteiger partial charge in [0, 0.05) is 48.1 Å². The number of thiophene rings is 1. The Bertz CT molecular complexity index is 2480.